The maximum atomic E-state index is 4.38. The van der Waals surface area contributed by atoms with Crippen LogP contribution in [0.5, 0.6) is 0 Å². The summed E-state index contributed by atoms with van der Waals surface area (Å²) in [6.07, 6.45) is 13.9. The van der Waals surface area contributed by atoms with Gasteiger partial charge in [0.05, 0.1) is 0 Å². The minimum Gasteiger partial charge on any atom is -0.0906 e. The van der Waals surface area contributed by atoms with Crippen molar-refractivity contribution in [1.82, 2.24) is 0 Å². The van der Waals surface area contributed by atoms with Crippen molar-refractivity contribution in [3.8, 4) is 0 Å². The van der Waals surface area contributed by atoms with Crippen molar-refractivity contribution in [2.75, 3.05) is 0 Å². The SMILES string of the molecule is C=C(c1ccc(C2CCCCC2)cc1)c1ccc(C2CCCCC2)cc1. The normalized spacial score (nSPS) is 19.4. The first-order valence-corrected chi connectivity index (χ1v) is 10.7. The van der Waals surface area contributed by atoms with Gasteiger partial charge in [0.2, 0.25) is 0 Å². The molecule has 2 fully saturated rings. The molecular weight excluding hydrogens is 312 g/mol. The van der Waals surface area contributed by atoms with Gasteiger partial charge in [-0.2, -0.15) is 0 Å². The highest BCUT2D eigenvalue weighted by Gasteiger charge is 2.17. The van der Waals surface area contributed by atoms with Gasteiger partial charge < -0.3 is 0 Å². The molecule has 0 amide bonds. The molecule has 0 N–H and O–H groups in total. The van der Waals surface area contributed by atoms with Crippen LogP contribution in [0.25, 0.3) is 5.57 Å². The number of hydrogen-bond acceptors (Lipinski definition) is 0. The maximum Gasteiger partial charge on any atom is -0.0162 e. The van der Waals surface area contributed by atoms with E-state index in [0.29, 0.717) is 0 Å². The number of rotatable bonds is 4. The summed E-state index contributed by atoms with van der Waals surface area (Å²) in [6.45, 7) is 4.38. The predicted octanol–water partition coefficient (Wildman–Crippen LogP) is 7.84. The molecule has 2 aliphatic carbocycles. The minimum atomic E-state index is 0.779. The third-order valence-electron chi connectivity index (χ3n) is 6.67. The Hall–Kier alpha value is -1.82. The van der Waals surface area contributed by atoms with E-state index in [1.807, 2.05) is 0 Å². The van der Waals surface area contributed by atoms with Crippen molar-refractivity contribution in [3.05, 3.63) is 77.4 Å². The molecule has 0 radical (unpaired) electrons. The van der Waals surface area contributed by atoms with E-state index in [0.717, 1.165) is 17.4 Å². The molecule has 0 nitrogen and oxygen atoms in total. The molecular formula is C26H32. The van der Waals surface area contributed by atoms with Gasteiger partial charge in [0.15, 0.2) is 0 Å². The van der Waals surface area contributed by atoms with Crippen LogP contribution in [0.3, 0.4) is 0 Å². The Morgan fingerprint density at radius 2 is 0.885 bits per heavy atom. The van der Waals surface area contributed by atoms with Gasteiger partial charge in [0.25, 0.3) is 0 Å². The summed E-state index contributed by atoms with van der Waals surface area (Å²) in [5.74, 6) is 1.56. The molecule has 0 spiro atoms. The Kier molecular flexibility index (Phi) is 5.58. The Labute approximate surface area is 159 Å². The summed E-state index contributed by atoms with van der Waals surface area (Å²) in [7, 11) is 0. The van der Waals surface area contributed by atoms with Crippen LogP contribution in [-0.2, 0) is 0 Å². The third-order valence-corrected chi connectivity index (χ3v) is 6.67. The van der Waals surface area contributed by atoms with Crippen LogP contribution < -0.4 is 0 Å². The van der Waals surface area contributed by atoms with E-state index in [1.54, 1.807) is 0 Å². The number of hydrogen-bond donors (Lipinski definition) is 0. The number of benzene rings is 2. The topological polar surface area (TPSA) is 0 Å². The second-order valence-electron chi connectivity index (χ2n) is 8.39. The highest BCUT2D eigenvalue weighted by atomic mass is 14.2. The van der Waals surface area contributed by atoms with Crippen LogP contribution >= 0.6 is 0 Å². The standard InChI is InChI=1S/C26H32/c1-20(21-12-16-25(17-13-21)23-8-4-2-5-9-23)22-14-18-26(19-15-22)24-10-6-3-7-11-24/h12-19,23-24H,1-11H2. The average molecular weight is 345 g/mol. The van der Waals surface area contributed by atoms with Crippen molar-refractivity contribution >= 4 is 5.57 Å². The first kappa shape index (κ1) is 17.6. The van der Waals surface area contributed by atoms with Crippen molar-refractivity contribution in [1.29, 1.82) is 0 Å². The molecule has 2 aromatic carbocycles. The molecule has 4 rings (SSSR count). The van der Waals surface area contributed by atoms with Gasteiger partial charge >= 0.3 is 0 Å². The van der Waals surface area contributed by atoms with E-state index in [4.69, 9.17) is 0 Å². The van der Waals surface area contributed by atoms with Crippen LogP contribution in [-0.4, -0.2) is 0 Å². The summed E-state index contributed by atoms with van der Waals surface area (Å²) in [5.41, 5.74) is 6.71. The molecule has 0 aliphatic heterocycles. The Morgan fingerprint density at radius 1 is 0.538 bits per heavy atom. The van der Waals surface area contributed by atoms with Gasteiger partial charge in [-0.05, 0) is 65.3 Å². The summed E-state index contributed by atoms with van der Waals surface area (Å²) in [4.78, 5) is 0. The van der Waals surface area contributed by atoms with Crippen molar-refractivity contribution in [3.63, 3.8) is 0 Å². The monoisotopic (exact) mass is 344 g/mol. The van der Waals surface area contributed by atoms with E-state index < -0.39 is 0 Å². The molecule has 0 unspecified atom stereocenters. The lowest BCUT2D eigenvalue weighted by atomic mass is 9.83. The van der Waals surface area contributed by atoms with E-state index in [-0.39, 0.29) is 0 Å². The zero-order valence-corrected chi connectivity index (χ0v) is 16.1. The van der Waals surface area contributed by atoms with Crippen molar-refractivity contribution in [2.24, 2.45) is 0 Å². The highest BCUT2D eigenvalue weighted by molar-refractivity contribution is 5.78. The quantitative estimate of drug-likeness (QED) is 0.530. The first-order chi connectivity index (χ1) is 12.8. The third kappa shape index (κ3) is 3.95. The molecule has 2 aromatic rings. The summed E-state index contributed by atoms with van der Waals surface area (Å²) >= 11 is 0. The molecule has 136 valence electrons. The molecule has 26 heavy (non-hydrogen) atoms. The smallest absolute Gasteiger partial charge is 0.0162 e. The average Bonchev–Trinajstić information content (AvgIpc) is 2.75. The lowest BCUT2D eigenvalue weighted by Gasteiger charge is -2.22. The zero-order chi connectivity index (χ0) is 17.8. The summed E-state index contributed by atoms with van der Waals surface area (Å²) in [6, 6.07) is 18.5. The van der Waals surface area contributed by atoms with Crippen molar-refractivity contribution < 1.29 is 0 Å². The van der Waals surface area contributed by atoms with E-state index in [2.05, 4.69) is 55.1 Å². The Morgan fingerprint density at radius 3 is 1.23 bits per heavy atom. The fraction of sp³-hybridized carbons (Fsp3) is 0.462. The molecule has 0 saturated heterocycles. The van der Waals surface area contributed by atoms with Crippen LogP contribution in [0.1, 0.15) is 98.3 Å². The summed E-state index contributed by atoms with van der Waals surface area (Å²) in [5, 5.41) is 0. The molecule has 2 aliphatic rings. The predicted molar refractivity (Wildman–Crippen MR) is 113 cm³/mol. The van der Waals surface area contributed by atoms with Crippen LogP contribution in [0.15, 0.2) is 55.1 Å². The van der Waals surface area contributed by atoms with Gasteiger partial charge in [-0.25, -0.2) is 0 Å². The summed E-state index contributed by atoms with van der Waals surface area (Å²) < 4.78 is 0. The molecule has 2 saturated carbocycles. The fourth-order valence-corrected chi connectivity index (χ4v) is 4.95. The van der Waals surface area contributed by atoms with Crippen LogP contribution in [0, 0.1) is 0 Å². The Bertz CT molecular complexity index is 644. The molecule has 0 aromatic heterocycles. The van der Waals surface area contributed by atoms with Crippen molar-refractivity contribution in [2.45, 2.75) is 76.0 Å². The molecule has 0 bridgehead atoms. The van der Waals surface area contributed by atoms with Gasteiger partial charge in [0, 0.05) is 0 Å². The van der Waals surface area contributed by atoms with E-state index >= 15 is 0 Å². The highest BCUT2D eigenvalue weighted by Crippen LogP contribution is 2.35. The lowest BCUT2D eigenvalue weighted by Crippen LogP contribution is -2.04. The molecule has 0 atom stereocenters. The van der Waals surface area contributed by atoms with Gasteiger partial charge in [-0.3, -0.25) is 0 Å². The lowest BCUT2D eigenvalue weighted by molar-refractivity contribution is 0.443. The molecule has 0 heteroatoms. The van der Waals surface area contributed by atoms with Gasteiger partial charge in [-0.15, -0.1) is 0 Å². The second-order valence-corrected chi connectivity index (χ2v) is 8.39. The van der Waals surface area contributed by atoms with E-state index in [9.17, 15) is 0 Å². The van der Waals surface area contributed by atoms with Crippen LogP contribution in [0.2, 0.25) is 0 Å². The maximum absolute atomic E-state index is 4.38. The first-order valence-electron chi connectivity index (χ1n) is 10.7. The second kappa shape index (κ2) is 8.25. The largest absolute Gasteiger partial charge is 0.0906 e. The van der Waals surface area contributed by atoms with Gasteiger partial charge in [-0.1, -0.05) is 93.6 Å². The molecule has 0 heterocycles. The minimum absolute atomic E-state index is 0.779. The Balaban J connectivity index is 1.44. The fourth-order valence-electron chi connectivity index (χ4n) is 4.95. The van der Waals surface area contributed by atoms with Gasteiger partial charge in [0.1, 0.15) is 0 Å². The van der Waals surface area contributed by atoms with Crippen LogP contribution in [0.4, 0.5) is 0 Å². The van der Waals surface area contributed by atoms with E-state index in [1.165, 1.54) is 86.5 Å². The zero-order valence-electron chi connectivity index (χ0n) is 16.1.